The summed E-state index contributed by atoms with van der Waals surface area (Å²) in [4.78, 5) is 8.70. The number of hydrogen-bond donors (Lipinski definition) is 1. The van der Waals surface area contributed by atoms with Crippen LogP contribution in [-0.4, -0.2) is 31.2 Å². The van der Waals surface area contributed by atoms with E-state index >= 15 is 0 Å². The molecule has 3 nitrogen and oxygen atoms in total. The molecule has 2 aromatic carbocycles. The molecule has 0 aliphatic carbocycles. The minimum atomic E-state index is 0.384. The van der Waals surface area contributed by atoms with E-state index in [1.165, 1.54) is 11.1 Å². The van der Waals surface area contributed by atoms with Gasteiger partial charge in [0, 0.05) is 12.4 Å². The minimum absolute atomic E-state index is 0.384. The van der Waals surface area contributed by atoms with Crippen molar-refractivity contribution >= 4 is 18.1 Å². The normalized spacial score (nSPS) is 11.9. The van der Waals surface area contributed by atoms with Gasteiger partial charge in [-0.1, -0.05) is 76.2 Å². The van der Waals surface area contributed by atoms with Crippen molar-refractivity contribution in [3.05, 3.63) is 70.8 Å². The van der Waals surface area contributed by atoms with Crippen LogP contribution >= 0.6 is 0 Å². The molecule has 0 unspecified atom stereocenters. The molecular weight excluding hydrogens is 318 g/mol. The van der Waals surface area contributed by atoms with E-state index in [0.717, 1.165) is 11.1 Å². The van der Waals surface area contributed by atoms with Crippen LogP contribution in [0.25, 0.3) is 0 Å². The zero-order valence-electron chi connectivity index (χ0n) is 16.2. The van der Waals surface area contributed by atoms with E-state index in [1.54, 1.807) is 0 Å². The Bertz CT molecular complexity index is 686. The second-order valence-corrected chi connectivity index (χ2v) is 7.19. The molecular formula is C23H29N3. The first kappa shape index (κ1) is 19.8. The van der Waals surface area contributed by atoms with Crippen LogP contribution in [0.3, 0.4) is 0 Å². The van der Waals surface area contributed by atoms with Gasteiger partial charge >= 0.3 is 0 Å². The van der Waals surface area contributed by atoms with E-state index in [9.17, 15) is 0 Å². The average Bonchev–Trinajstić information content (AvgIpc) is 2.62. The van der Waals surface area contributed by atoms with Gasteiger partial charge in [0.1, 0.15) is 0 Å². The number of hydrogen-bond acceptors (Lipinski definition) is 3. The first-order chi connectivity index (χ1) is 12.5. The van der Waals surface area contributed by atoms with Crippen LogP contribution in [0.15, 0.2) is 58.5 Å². The summed E-state index contributed by atoms with van der Waals surface area (Å²) in [7, 11) is 0. The lowest BCUT2D eigenvalue weighted by atomic mass is 10.0. The van der Waals surface area contributed by atoms with Crippen molar-refractivity contribution in [3.63, 3.8) is 0 Å². The predicted molar refractivity (Wildman–Crippen MR) is 114 cm³/mol. The van der Waals surface area contributed by atoms with E-state index in [4.69, 9.17) is 5.41 Å². The van der Waals surface area contributed by atoms with Gasteiger partial charge in [0.25, 0.3) is 0 Å². The van der Waals surface area contributed by atoms with Gasteiger partial charge < -0.3 is 5.41 Å². The molecule has 0 atom stereocenters. The highest BCUT2D eigenvalue weighted by molar-refractivity contribution is 5.90. The monoisotopic (exact) mass is 347 g/mol. The maximum absolute atomic E-state index is 7.97. The molecule has 0 spiro atoms. The Morgan fingerprint density at radius 1 is 0.731 bits per heavy atom. The van der Waals surface area contributed by atoms with E-state index < -0.39 is 0 Å². The van der Waals surface area contributed by atoms with Gasteiger partial charge in [0.05, 0.1) is 18.8 Å². The van der Waals surface area contributed by atoms with Gasteiger partial charge in [-0.05, 0) is 34.1 Å². The first-order valence-electron chi connectivity index (χ1n) is 9.21. The standard InChI is InChI=1S/C23H29N3/c1-17(2)21-9-5-19(6-10-21)13-25-15-23(24)16-26-14-20-7-11-22(12-8-20)18(3)4/h5-14,17-18,24H,15-16H2,1-4H3. The maximum Gasteiger partial charge on any atom is 0.0784 e. The van der Waals surface area contributed by atoms with Crippen LogP contribution in [-0.2, 0) is 0 Å². The van der Waals surface area contributed by atoms with Crippen LogP contribution in [0.2, 0.25) is 0 Å². The van der Waals surface area contributed by atoms with Gasteiger partial charge in [-0.2, -0.15) is 0 Å². The van der Waals surface area contributed by atoms with Crippen LogP contribution in [0.1, 0.15) is 61.8 Å². The lowest BCUT2D eigenvalue weighted by Crippen LogP contribution is -2.06. The van der Waals surface area contributed by atoms with Crippen LogP contribution < -0.4 is 0 Å². The quantitative estimate of drug-likeness (QED) is 0.614. The Labute approximate surface area is 157 Å². The Balaban J connectivity index is 1.79. The molecule has 0 bridgehead atoms. The Morgan fingerprint density at radius 3 is 1.38 bits per heavy atom. The zero-order chi connectivity index (χ0) is 18.9. The fourth-order valence-electron chi connectivity index (χ4n) is 2.51. The molecule has 3 heteroatoms. The second kappa shape index (κ2) is 9.81. The van der Waals surface area contributed by atoms with Crippen LogP contribution in [0.5, 0.6) is 0 Å². The van der Waals surface area contributed by atoms with Gasteiger partial charge in [0.15, 0.2) is 0 Å². The van der Waals surface area contributed by atoms with Crippen LogP contribution in [0, 0.1) is 5.41 Å². The summed E-state index contributed by atoms with van der Waals surface area (Å²) in [6.45, 7) is 9.51. The first-order valence-corrected chi connectivity index (χ1v) is 9.21. The molecule has 0 saturated carbocycles. The molecule has 0 heterocycles. The molecule has 0 radical (unpaired) electrons. The number of nitrogens with zero attached hydrogens (tertiary/aromatic N) is 2. The molecule has 0 fully saturated rings. The van der Waals surface area contributed by atoms with E-state index in [2.05, 4.69) is 86.2 Å². The number of aliphatic imine (C=N–C) groups is 2. The highest BCUT2D eigenvalue weighted by atomic mass is 14.8. The Kier molecular flexibility index (Phi) is 7.46. The van der Waals surface area contributed by atoms with Crippen LogP contribution in [0.4, 0.5) is 0 Å². The van der Waals surface area contributed by atoms with E-state index in [-0.39, 0.29) is 0 Å². The Morgan fingerprint density at radius 2 is 1.08 bits per heavy atom. The minimum Gasteiger partial charge on any atom is -0.306 e. The molecule has 136 valence electrons. The fraction of sp³-hybridized carbons (Fsp3) is 0.348. The summed E-state index contributed by atoms with van der Waals surface area (Å²) in [6, 6.07) is 16.8. The number of rotatable bonds is 8. The molecule has 26 heavy (non-hydrogen) atoms. The van der Waals surface area contributed by atoms with Crippen molar-refractivity contribution < 1.29 is 0 Å². The SMILES string of the molecule is CC(C)c1ccc(C=NCC(=N)CN=Cc2ccc(C(C)C)cc2)cc1. The number of nitrogens with one attached hydrogen (secondary N) is 1. The second-order valence-electron chi connectivity index (χ2n) is 7.19. The smallest absolute Gasteiger partial charge is 0.0784 e. The fourth-order valence-corrected chi connectivity index (χ4v) is 2.51. The summed E-state index contributed by atoms with van der Waals surface area (Å²) in [5.74, 6) is 1.07. The maximum atomic E-state index is 7.97. The van der Waals surface area contributed by atoms with Gasteiger partial charge in [0.2, 0.25) is 0 Å². The van der Waals surface area contributed by atoms with Crippen molar-refractivity contribution in [3.8, 4) is 0 Å². The summed E-state index contributed by atoms with van der Waals surface area (Å²) in [6.07, 6.45) is 3.65. The zero-order valence-corrected chi connectivity index (χ0v) is 16.2. The third-order valence-corrected chi connectivity index (χ3v) is 4.25. The van der Waals surface area contributed by atoms with Gasteiger partial charge in [-0.3, -0.25) is 9.98 Å². The highest BCUT2D eigenvalue weighted by Crippen LogP contribution is 2.14. The largest absolute Gasteiger partial charge is 0.306 e. The van der Waals surface area contributed by atoms with Gasteiger partial charge in [-0.15, -0.1) is 0 Å². The highest BCUT2D eigenvalue weighted by Gasteiger charge is 1.99. The molecule has 0 aromatic heterocycles. The average molecular weight is 348 g/mol. The molecule has 0 saturated heterocycles. The third kappa shape index (κ3) is 6.40. The summed E-state index contributed by atoms with van der Waals surface area (Å²) in [5.41, 5.74) is 5.29. The lowest BCUT2D eigenvalue weighted by molar-refractivity contribution is 0.866. The van der Waals surface area contributed by atoms with Crippen molar-refractivity contribution in [1.29, 1.82) is 5.41 Å². The van der Waals surface area contributed by atoms with Crippen molar-refractivity contribution in [1.82, 2.24) is 0 Å². The molecule has 0 aliphatic rings. The van der Waals surface area contributed by atoms with E-state index in [0.29, 0.717) is 30.6 Å². The molecule has 2 rings (SSSR count). The van der Waals surface area contributed by atoms with Crippen molar-refractivity contribution in [2.75, 3.05) is 13.1 Å². The summed E-state index contributed by atoms with van der Waals surface area (Å²) in [5, 5.41) is 7.97. The topological polar surface area (TPSA) is 48.6 Å². The van der Waals surface area contributed by atoms with Crippen molar-refractivity contribution in [2.24, 2.45) is 9.98 Å². The number of benzene rings is 2. The molecule has 0 amide bonds. The molecule has 2 aromatic rings. The predicted octanol–water partition coefficient (Wildman–Crippen LogP) is 5.49. The molecule has 1 N–H and O–H groups in total. The summed E-state index contributed by atoms with van der Waals surface area (Å²) < 4.78 is 0. The molecule has 0 aliphatic heterocycles. The Hall–Kier alpha value is -2.55. The third-order valence-electron chi connectivity index (χ3n) is 4.25. The summed E-state index contributed by atoms with van der Waals surface area (Å²) >= 11 is 0. The van der Waals surface area contributed by atoms with E-state index in [1.807, 2.05) is 12.4 Å². The lowest BCUT2D eigenvalue weighted by Gasteiger charge is -2.04. The van der Waals surface area contributed by atoms with Gasteiger partial charge in [-0.25, -0.2) is 0 Å². The van der Waals surface area contributed by atoms with Crippen molar-refractivity contribution in [2.45, 2.75) is 39.5 Å².